The molecule has 0 bridgehead atoms. The first-order valence-electron chi connectivity index (χ1n) is 5.00. The summed E-state index contributed by atoms with van der Waals surface area (Å²) in [5, 5.41) is 3.21. The molecule has 5 heteroatoms. The fraction of sp³-hybridized carbons (Fsp3) is 0.167. The van der Waals surface area contributed by atoms with Gasteiger partial charge in [0, 0.05) is 4.88 Å². The van der Waals surface area contributed by atoms with Crippen LogP contribution in [0, 0.1) is 5.82 Å². The van der Waals surface area contributed by atoms with Crippen LogP contribution < -0.4 is 5.32 Å². The molecule has 1 N–H and O–H groups in total. The summed E-state index contributed by atoms with van der Waals surface area (Å²) in [6, 6.07) is 9.12. The molecule has 0 aliphatic heterocycles. The van der Waals surface area contributed by atoms with Crippen molar-refractivity contribution in [2.24, 2.45) is 0 Å². The van der Waals surface area contributed by atoms with Crippen molar-refractivity contribution >= 4 is 43.2 Å². The van der Waals surface area contributed by atoms with E-state index < -0.39 is 0 Å². The molecule has 0 aliphatic carbocycles. The summed E-state index contributed by atoms with van der Waals surface area (Å²) in [5.41, 5.74) is 0.904. The molecule has 2 aromatic rings. The zero-order chi connectivity index (χ0) is 12.4. The second kappa shape index (κ2) is 5.61. The average Bonchev–Trinajstić information content (AvgIpc) is 2.72. The van der Waals surface area contributed by atoms with Crippen LogP contribution in [-0.4, -0.2) is 7.05 Å². The molecule has 1 heterocycles. The van der Waals surface area contributed by atoms with E-state index in [0.717, 1.165) is 14.2 Å². The molecule has 0 saturated carbocycles. The van der Waals surface area contributed by atoms with Crippen molar-refractivity contribution in [3.63, 3.8) is 0 Å². The smallest absolute Gasteiger partial charge is 0.137 e. The van der Waals surface area contributed by atoms with Gasteiger partial charge in [0.05, 0.1) is 14.3 Å². The van der Waals surface area contributed by atoms with Crippen molar-refractivity contribution in [3.05, 3.63) is 54.8 Å². The topological polar surface area (TPSA) is 12.0 Å². The van der Waals surface area contributed by atoms with Crippen LogP contribution in [0.4, 0.5) is 4.39 Å². The summed E-state index contributed by atoms with van der Waals surface area (Å²) in [6.45, 7) is 0. The highest BCUT2D eigenvalue weighted by Crippen LogP contribution is 2.34. The van der Waals surface area contributed by atoms with E-state index in [9.17, 15) is 4.39 Å². The number of hydrogen-bond acceptors (Lipinski definition) is 2. The van der Waals surface area contributed by atoms with Crippen LogP contribution in [0.2, 0.25) is 0 Å². The lowest BCUT2D eigenvalue weighted by Gasteiger charge is -2.16. The predicted octanol–water partition coefficient (Wildman–Crippen LogP) is 4.72. The number of rotatable bonds is 3. The van der Waals surface area contributed by atoms with Crippen LogP contribution in [0.25, 0.3) is 0 Å². The molecule has 1 unspecified atom stereocenters. The summed E-state index contributed by atoms with van der Waals surface area (Å²) in [7, 11) is 1.87. The molecule has 1 nitrogen and oxygen atoms in total. The molecule has 17 heavy (non-hydrogen) atoms. The Morgan fingerprint density at radius 3 is 2.59 bits per heavy atom. The maximum Gasteiger partial charge on any atom is 0.137 e. The van der Waals surface area contributed by atoms with Crippen LogP contribution >= 0.6 is 43.2 Å². The lowest BCUT2D eigenvalue weighted by molar-refractivity contribution is 0.609. The van der Waals surface area contributed by atoms with Crippen molar-refractivity contribution < 1.29 is 4.39 Å². The monoisotopic (exact) mass is 377 g/mol. The molecule has 90 valence electrons. The van der Waals surface area contributed by atoms with Crippen molar-refractivity contribution in [1.29, 1.82) is 0 Å². The third-order valence-corrected chi connectivity index (χ3v) is 4.98. The molecular weight excluding hydrogens is 369 g/mol. The van der Waals surface area contributed by atoms with Gasteiger partial charge in [-0.3, -0.25) is 0 Å². The molecule has 0 spiro atoms. The molecule has 0 amide bonds. The van der Waals surface area contributed by atoms with Crippen molar-refractivity contribution in [1.82, 2.24) is 5.32 Å². The van der Waals surface area contributed by atoms with Gasteiger partial charge in [-0.05, 0) is 62.7 Å². The highest BCUT2D eigenvalue weighted by atomic mass is 79.9. The van der Waals surface area contributed by atoms with Crippen LogP contribution in [0.15, 0.2) is 38.6 Å². The van der Waals surface area contributed by atoms with Crippen molar-refractivity contribution in [2.75, 3.05) is 7.05 Å². The first-order chi connectivity index (χ1) is 8.13. The normalized spacial score (nSPS) is 12.7. The Balaban J connectivity index is 2.45. The van der Waals surface area contributed by atoms with E-state index in [1.807, 2.05) is 25.2 Å². The van der Waals surface area contributed by atoms with Gasteiger partial charge in [-0.15, -0.1) is 11.3 Å². The first-order valence-corrected chi connectivity index (χ1v) is 7.40. The summed E-state index contributed by atoms with van der Waals surface area (Å²) < 4.78 is 15.1. The molecule has 0 fully saturated rings. The van der Waals surface area contributed by atoms with Gasteiger partial charge in [-0.25, -0.2) is 4.39 Å². The molecule has 0 aliphatic rings. The lowest BCUT2D eigenvalue weighted by atomic mass is 10.1. The number of thiophene rings is 1. The fourth-order valence-electron chi connectivity index (χ4n) is 1.68. The van der Waals surface area contributed by atoms with E-state index in [1.54, 1.807) is 17.4 Å². The minimum atomic E-state index is -0.238. The van der Waals surface area contributed by atoms with E-state index in [-0.39, 0.29) is 11.9 Å². The van der Waals surface area contributed by atoms with Crippen LogP contribution in [-0.2, 0) is 0 Å². The van der Waals surface area contributed by atoms with E-state index in [1.165, 1.54) is 6.07 Å². The highest BCUT2D eigenvalue weighted by molar-refractivity contribution is 9.11. The molecule has 2 rings (SSSR count). The van der Waals surface area contributed by atoms with Gasteiger partial charge < -0.3 is 5.32 Å². The number of hydrogen-bond donors (Lipinski definition) is 1. The summed E-state index contributed by atoms with van der Waals surface area (Å²) in [5.74, 6) is -0.238. The van der Waals surface area contributed by atoms with E-state index in [4.69, 9.17) is 0 Å². The minimum Gasteiger partial charge on any atom is -0.309 e. The Bertz CT molecular complexity index is 527. The molecule has 0 radical (unpaired) electrons. The van der Waals surface area contributed by atoms with E-state index >= 15 is 0 Å². The first kappa shape index (κ1) is 13.2. The second-order valence-electron chi connectivity index (χ2n) is 3.51. The third kappa shape index (κ3) is 2.78. The van der Waals surface area contributed by atoms with E-state index in [2.05, 4.69) is 37.2 Å². The quantitative estimate of drug-likeness (QED) is 0.814. The second-order valence-corrected chi connectivity index (χ2v) is 6.79. The van der Waals surface area contributed by atoms with Gasteiger partial charge in [0.1, 0.15) is 5.82 Å². The van der Waals surface area contributed by atoms with Gasteiger partial charge in [-0.1, -0.05) is 12.1 Å². The van der Waals surface area contributed by atoms with Crippen molar-refractivity contribution in [3.8, 4) is 0 Å². The Morgan fingerprint density at radius 1 is 1.24 bits per heavy atom. The fourth-order valence-corrected chi connectivity index (χ4v) is 3.72. The average molecular weight is 379 g/mol. The molecular formula is C12H10Br2FNS. The summed E-state index contributed by atoms with van der Waals surface area (Å²) >= 11 is 8.38. The minimum absolute atomic E-state index is 0.00336. The van der Waals surface area contributed by atoms with Gasteiger partial charge >= 0.3 is 0 Å². The maximum atomic E-state index is 13.5. The molecule has 1 atom stereocenters. The maximum absolute atomic E-state index is 13.5. The Labute approximate surface area is 120 Å². The SMILES string of the molecule is CNC(c1ccc(Br)s1)c1cccc(F)c1Br. The standard InChI is InChI=1S/C12H10Br2FNS/c1-16-12(9-5-6-10(13)17-9)7-3-2-4-8(15)11(7)14/h2-6,12,16H,1H3. The van der Waals surface area contributed by atoms with E-state index in [0.29, 0.717) is 4.47 Å². The summed E-state index contributed by atoms with van der Waals surface area (Å²) in [6.07, 6.45) is 0. The number of benzene rings is 1. The Morgan fingerprint density at radius 2 is 2.00 bits per heavy atom. The predicted molar refractivity (Wildman–Crippen MR) is 77.0 cm³/mol. The van der Waals surface area contributed by atoms with Gasteiger partial charge in [0.25, 0.3) is 0 Å². The van der Waals surface area contributed by atoms with Crippen LogP contribution in [0.3, 0.4) is 0 Å². The Kier molecular flexibility index (Phi) is 4.36. The zero-order valence-corrected chi connectivity index (χ0v) is 13.0. The lowest BCUT2D eigenvalue weighted by Crippen LogP contribution is -2.17. The van der Waals surface area contributed by atoms with Gasteiger partial charge in [0.15, 0.2) is 0 Å². The number of nitrogens with one attached hydrogen (secondary N) is 1. The third-order valence-electron chi connectivity index (χ3n) is 2.46. The van der Waals surface area contributed by atoms with Crippen LogP contribution in [0.5, 0.6) is 0 Å². The molecule has 1 aromatic carbocycles. The molecule has 0 saturated heterocycles. The van der Waals surface area contributed by atoms with Crippen molar-refractivity contribution in [2.45, 2.75) is 6.04 Å². The highest BCUT2D eigenvalue weighted by Gasteiger charge is 2.18. The van der Waals surface area contributed by atoms with Gasteiger partial charge in [-0.2, -0.15) is 0 Å². The largest absolute Gasteiger partial charge is 0.309 e. The van der Waals surface area contributed by atoms with Crippen LogP contribution in [0.1, 0.15) is 16.5 Å². The number of halogens is 3. The Hall–Kier alpha value is -0.230. The summed E-state index contributed by atoms with van der Waals surface area (Å²) in [4.78, 5) is 1.14. The zero-order valence-electron chi connectivity index (χ0n) is 9.01. The molecule has 1 aromatic heterocycles. The van der Waals surface area contributed by atoms with Gasteiger partial charge in [0.2, 0.25) is 0 Å².